The normalized spacial score (nSPS) is 15.9. The zero-order valence-electron chi connectivity index (χ0n) is 12.6. The summed E-state index contributed by atoms with van der Waals surface area (Å²) in [7, 11) is 0. The Balaban J connectivity index is 1.97. The zero-order valence-corrected chi connectivity index (χ0v) is 12.6. The molecule has 22 heavy (non-hydrogen) atoms. The van der Waals surface area contributed by atoms with Crippen LogP contribution in [-0.4, -0.2) is 24.6 Å². The van der Waals surface area contributed by atoms with Crippen molar-refractivity contribution in [2.24, 2.45) is 0 Å². The Morgan fingerprint density at radius 3 is 2.86 bits per heavy atom. The van der Waals surface area contributed by atoms with Crippen LogP contribution in [0.4, 0.5) is 0 Å². The topological polar surface area (TPSA) is 78.8 Å². The zero-order chi connectivity index (χ0) is 15.1. The molecule has 3 aromatic rings. The number of H-pyrrole nitrogens is 2. The maximum atomic E-state index is 12.5. The summed E-state index contributed by atoms with van der Waals surface area (Å²) in [6.07, 6.45) is 7.29. The van der Waals surface area contributed by atoms with Crippen LogP contribution in [0, 0.1) is 0 Å². The molecule has 4 rings (SSSR count). The maximum Gasteiger partial charge on any atom is 0.277 e. The van der Waals surface area contributed by atoms with Gasteiger partial charge in [-0.3, -0.25) is 4.79 Å². The van der Waals surface area contributed by atoms with E-state index in [1.807, 2.05) is 25.3 Å². The lowest BCUT2D eigenvalue weighted by Gasteiger charge is -2.07. The molecule has 0 aromatic carbocycles. The van der Waals surface area contributed by atoms with Gasteiger partial charge in [0.1, 0.15) is 5.82 Å². The second-order valence-electron chi connectivity index (χ2n) is 5.90. The summed E-state index contributed by atoms with van der Waals surface area (Å²) in [6, 6.07) is 3.79. The van der Waals surface area contributed by atoms with E-state index in [4.69, 9.17) is 4.98 Å². The minimum absolute atomic E-state index is 0.117. The molecule has 6 heteroatoms. The lowest BCUT2D eigenvalue weighted by Crippen LogP contribution is -2.16. The molecule has 0 radical (unpaired) electrons. The van der Waals surface area contributed by atoms with E-state index in [0.717, 1.165) is 36.5 Å². The van der Waals surface area contributed by atoms with Crippen molar-refractivity contribution in [2.75, 3.05) is 0 Å². The molecular formula is C16H19N5O. The molecule has 0 unspecified atom stereocenters. The summed E-state index contributed by atoms with van der Waals surface area (Å²) in [5.74, 6) is 1.92. The average molecular weight is 297 g/mol. The molecule has 2 N–H and O–H groups in total. The molecule has 0 spiro atoms. The van der Waals surface area contributed by atoms with Crippen LogP contribution in [0.15, 0.2) is 23.1 Å². The third-order valence-electron chi connectivity index (χ3n) is 4.51. The van der Waals surface area contributed by atoms with E-state index in [2.05, 4.69) is 15.1 Å². The first-order chi connectivity index (χ1) is 10.8. The number of aromatic amines is 2. The smallest absolute Gasteiger partial charge is 0.277 e. The number of hydrogen-bond acceptors (Lipinski definition) is 3. The van der Waals surface area contributed by atoms with Gasteiger partial charge in [0.15, 0.2) is 11.3 Å². The van der Waals surface area contributed by atoms with E-state index in [0.29, 0.717) is 17.3 Å². The van der Waals surface area contributed by atoms with Gasteiger partial charge in [-0.1, -0.05) is 19.8 Å². The molecular weight excluding hydrogens is 278 g/mol. The average Bonchev–Trinajstić information content (AvgIpc) is 3.26. The fourth-order valence-electron chi connectivity index (χ4n) is 3.39. The van der Waals surface area contributed by atoms with E-state index in [1.54, 1.807) is 4.52 Å². The highest BCUT2D eigenvalue weighted by molar-refractivity contribution is 5.55. The Labute approximate surface area is 127 Å². The molecule has 1 fully saturated rings. The monoisotopic (exact) mass is 297 g/mol. The van der Waals surface area contributed by atoms with Crippen LogP contribution < -0.4 is 5.56 Å². The van der Waals surface area contributed by atoms with Crippen molar-refractivity contribution >= 4 is 5.52 Å². The third-order valence-corrected chi connectivity index (χ3v) is 4.51. The van der Waals surface area contributed by atoms with E-state index in [-0.39, 0.29) is 5.56 Å². The quantitative estimate of drug-likeness (QED) is 0.780. The second-order valence-corrected chi connectivity index (χ2v) is 5.90. The van der Waals surface area contributed by atoms with Crippen LogP contribution in [-0.2, 0) is 6.42 Å². The molecule has 6 nitrogen and oxygen atoms in total. The van der Waals surface area contributed by atoms with E-state index in [9.17, 15) is 4.79 Å². The highest BCUT2D eigenvalue weighted by Gasteiger charge is 2.25. The molecule has 0 aliphatic heterocycles. The van der Waals surface area contributed by atoms with E-state index < -0.39 is 0 Å². The first-order valence-corrected chi connectivity index (χ1v) is 7.93. The number of imidazole rings is 1. The van der Waals surface area contributed by atoms with Crippen molar-refractivity contribution in [1.82, 2.24) is 24.6 Å². The minimum Gasteiger partial charge on any atom is -0.359 e. The largest absolute Gasteiger partial charge is 0.359 e. The number of aromatic nitrogens is 5. The number of fused-ring (bicyclic) bond motifs is 1. The lowest BCUT2D eigenvalue weighted by molar-refractivity contribution is 0.639. The molecule has 1 aliphatic rings. The Kier molecular flexibility index (Phi) is 3.10. The number of nitrogens with zero attached hydrogens (tertiary/aromatic N) is 3. The predicted octanol–water partition coefficient (Wildman–Crippen LogP) is 2.63. The Morgan fingerprint density at radius 2 is 2.18 bits per heavy atom. The fourth-order valence-corrected chi connectivity index (χ4v) is 3.39. The van der Waals surface area contributed by atoms with Crippen molar-refractivity contribution in [1.29, 1.82) is 0 Å². The summed E-state index contributed by atoms with van der Waals surface area (Å²) < 4.78 is 1.78. The molecule has 0 atom stereocenters. The van der Waals surface area contributed by atoms with E-state index in [1.165, 1.54) is 12.8 Å². The number of hydrogen-bond donors (Lipinski definition) is 2. The highest BCUT2D eigenvalue weighted by atomic mass is 16.1. The number of nitrogens with one attached hydrogen (secondary N) is 2. The molecule has 1 saturated carbocycles. The number of rotatable bonds is 3. The second kappa shape index (κ2) is 5.12. The summed E-state index contributed by atoms with van der Waals surface area (Å²) in [5, 5.41) is 4.66. The predicted molar refractivity (Wildman–Crippen MR) is 84.0 cm³/mol. The van der Waals surface area contributed by atoms with Gasteiger partial charge in [-0.15, -0.1) is 5.10 Å². The summed E-state index contributed by atoms with van der Waals surface area (Å²) >= 11 is 0. The van der Waals surface area contributed by atoms with Gasteiger partial charge in [0, 0.05) is 12.1 Å². The van der Waals surface area contributed by atoms with Gasteiger partial charge in [-0.2, -0.15) is 0 Å². The molecule has 3 aromatic heterocycles. The number of aryl methyl sites for hydroxylation is 1. The minimum atomic E-state index is -0.117. The molecule has 0 bridgehead atoms. The Bertz CT molecular complexity index is 853. The Morgan fingerprint density at radius 1 is 1.36 bits per heavy atom. The highest BCUT2D eigenvalue weighted by Crippen LogP contribution is 2.33. The summed E-state index contributed by atoms with van der Waals surface area (Å²) in [4.78, 5) is 23.2. The van der Waals surface area contributed by atoms with Gasteiger partial charge < -0.3 is 9.97 Å². The molecule has 0 saturated heterocycles. The van der Waals surface area contributed by atoms with Gasteiger partial charge in [0.25, 0.3) is 5.56 Å². The fraction of sp³-hybridized carbons (Fsp3) is 0.438. The van der Waals surface area contributed by atoms with Crippen molar-refractivity contribution in [3.05, 3.63) is 40.2 Å². The van der Waals surface area contributed by atoms with E-state index >= 15 is 0 Å². The van der Waals surface area contributed by atoms with Crippen LogP contribution in [0.3, 0.4) is 0 Å². The molecule has 114 valence electrons. The van der Waals surface area contributed by atoms with Crippen LogP contribution in [0.2, 0.25) is 0 Å². The van der Waals surface area contributed by atoms with Gasteiger partial charge in [0.2, 0.25) is 0 Å². The molecule has 1 aliphatic carbocycles. The van der Waals surface area contributed by atoms with Gasteiger partial charge in [0.05, 0.1) is 11.4 Å². The van der Waals surface area contributed by atoms with Crippen molar-refractivity contribution < 1.29 is 0 Å². The maximum absolute atomic E-state index is 12.5. The standard InChI is InChI=1S/C16H19N5O/c1-2-11-13-16(22)19-14(12-8-5-9-17-12)20-21(13)15(18-11)10-6-3-4-7-10/h5,8-10,17H,2-4,6-7H2,1H3,(H,19,20,22). The van der Waals surface area contributed by atoms with Crippen LogP contribution in [0.25, 0.3) is 17.0 Å². The van der Waals surface area contributed by atoms with Crippen LogP contribution in [0.5, 0.6) is 0 Å². The summed E-state index contributed by atoms with van der Waals surface area (Å²) in [6.45, 7) is 2.03. The van der Waals surface area contributed by atoms with Crippen molar-refractivity contribution in [3.8, 4) is 11.5 Å². The third kappa shape index (κ3) is 1.98. The van der Waals surface area contributed by atoms with Crippen molar-refractivity contribution in [3.63, 3.8) is 0 Å². The first kappa shape index (κ1) is 13.3. The SMILES string of the molecule is CCc1nc(C2CCCC2)n2nc(-c3ccc[nH]3)[nH]c(=O)c12. The van der Waals surface area contributed by atoms with Gasteiger partial charge >= 0.3 is 0 Å². The van der Waals surface area contributed by atoms with Crippen LogP contribution in [0.1, 0.15) is 50.0 Å². The van der Waals surface area contributed by atoms with Crippen molar-refractivity contribution in [2.45, 2.75) is 44.9 Å². The Hall–Kier alpha value is -2.37. The van der Waals surface area contributed by atoms with Gasteiger partial charge in [-0.25, -0.2) is 9.50 Å². The first-order valence-electron chi connectivity index (χ1n) is 7.93. The lowest BCUT2D eigenvalue weighted by atomic mass is 10.1. The molecule has 3 heterocycles. The summed E-state index contributed by atoms with van der Waals surface area (Å²) in [5.41, 5.74) is 2.13. The molecule has 0 amide bonds. The van der Waals surface area contributed by atoms with Gasteiger partial charge in [-0.05, 0) is 31.4 Å². The van der Waals surface area contributed by atoms with Crippen LogP contribution >= 0.6 is 0 Å².